The van der Waals surface area contributed by atoms with Crippen LogP contribution in [0.3, 0.4) is 0 Å². The third-order valence-electron chi connectivity index (χ3n) is 4.98. The Balaban J connectivity index is 2.11. The van der Waals surface area contributed by atoms with Gasteiger partial charge in [-0.25, -0.2) is 0 Å². The predicted octanol–water partition coefficient (Wildman–Crippen LogP) is 7.96. The summed E-state index contributed by atoms with van der Waals surface area (Å²) in [5, 5.41) is 11.3. The lowest BCUT2D eigenvalue weighted by Gasteiger charge is -2.23. The molecule has 0 aliphatic heterocycles. The van der Waals surface area contributed by atoms with E-state index in [4.69, 9.17) is 11.6 Å². The minimum atomic E-state index is -0.996. The van der Waals surface area contributed by atoms with Gasteiger partial charge in [0, 0.05) is 9.50 Å². The van der Waals surface area contributed by atoms with Crippen molar-refractivity contribution in [2.45, 2.75) is 45.6 Å². The third-order valence-corrected chi connectivity index (χ3v) is 5.91. The molecule has 1 nitrogen and oxygen atoms in total. The van der Waals surface area contributed by atoms with E-state index in [0.29, 0.717) is 5.02 Å². The molecule has 1 N–H and O–H groups in total. The van der Waals surface area contributed by atoms with Crippen molar-refractivity contribution in [3.8, 4) is 22.3 Å². The Morgan fingerprint density at radius 1 is 0.750 bits per heavy atom. The Kier molecular flexibility index (Phi) is 5.78. The molecule has 0 amide bonds. The maximum Gasteiger partial charge on any atom is 0.0847 e. The molecular formula is C25H26BrClO. The van der Waals surface area contributed by atoms with Gasteiger partial charge in [-0.15, -0.1) is 0 Å². The number of rotatable bonds is 3. The van der Waals surface area contributed by atoms with E-state index in [2.05, 4.69) is 79.2 Å². The van der Waals surface area contributed by atoms with E-state index >= 15 is 0 Å². The van der Waals surface area contributed by atoms with E-state index in [9.17, 15) is 5.11 Å². The number of hydrogen-bond donors (Lipinski definition) is 1. The van der Waals surface area contributed by atoms with Crippen molar-refractivity contribution in [1.82, 2.24) is 0 Å². The summed E-state index contributed by atoms with van der Waals surface area (Å²) < 4.78 is 0.982. The molecule has 0 saturated heterocycles. The van der Waals surface area contributed by atoms with Gasteiger partial charge in [0.15, 0.2) is 0 Å². The molecule has 0 saturated carbocycles. The standard InChI is InChI=1S/C25H26BrClO/c1-24(2,3)18-9-6-16(7-10-18)17-8-13-23(26)21(14-17)20-12-11-19(27)15-22(20)25(4,5)28/h6-15,28H,1-5H3. The molecule has 3 aromatic rings. The summed E-state index contributed by atoms with van der Waals surface area (Å²) >= 11 is 9.89. The summed E-state index contributed by atoms with van der Waals surface area (Å²) in [4.78, 5) is 0. The lowest BCUT2D eigenvalue weighted by molar-refractivity contribution is 0.0792. The summed E-state index contributed by atoms with van der Waals surface area (Å²) in [5.41, 5.74) is 5.56. The zero-order valence-corrected chi connectivity index (χ0v) is 19.3. The second kappa shape index (κ2) is 7.67. The van der Waals surface area contributed by atoms with Crippen LogP contribution in [0.1, 0.15) is 45.7 Å². The van der Waals surface area contributed by atoms with Gasteiger partial charge >= 0.3 is 0 Å². The maximum atomic E-state index is 10.7. The summed E-state index contributed by atoms with van der Waals surface area (Å²) in [7, 11) is 0. The maximum absolute atomic E-state index is 10.7. The molecule has 0 atom stereocenters. The van der Waals surface area contributed by atoms with E-state index in [1.165, 1.54) is 11.1 Å². The largest absolute Gasteiger partial charge is 0.386 e. The van der Waals surface area contributed by atoms with Crippen molar-refractivity contribution < 1.29 is 5.11 Å². The van der Waals surface area contributed by atoms with Crippen molar-refractivity contribution in [3.63, 3.8) is 0 Å². The molecule has 146 valence electrons. The molecule has 3 rings (SSSR count). The van der Waals surface area contributed by atoms with Crippen molar-refractivity contribution >= 4 is 27.5 Å². The average molecular weight is 458 g/mol. The van der Waals surface area contributed by atoms with Crippen LogP contribution in [0.4, 0.5) is 0 Å². The van der Waals surface area contributed by atoms with Crippen LogP contribution in [0.15, 0.2) is 65.1 Å². The van der Waals surface area contributed by atoms with Crippen LogP contribution >= 0.6 is 27.5 Å². The molecular weight excluding hydrogens is 432 g/mol. The van der Waals surface area contributed by atoms with Crippen LogP contribution < -0.4 is 0 Å². The predicted molar refractivity (Wildman–Crippen MR) is 124 cm³/mol. The Morgan fingerprint density at radius 3 is 1.93 bits per heavy atom. The van der Waals surface area contributed by atoms with Crippen LogP contribution in [0.2, 0.25) is 5.02 Å². The Hall–Kier alpha value is -1.61. The van der Waals surface area contributed by atoms with Gasteiger partial charge < -0.3 is 5.11 Å². The smallest absolute Gasteiger partial charge is 0.0847 e. The van der Waals surface area contributed by atoms with Gasteiger partial charge in [0.05, 0.1) is 5.60 Å². The Bertz CT molecular complexity index is 993. The molecule has 0 unspecified atom stereocenters. The number of aliphatic hydroxyl groups is 1. The van der Waals surface area contributed by atoms with Crippen LogP contribution in [0.5, 0.6) is 0 Å². The van der Waals surface area contributed by atoms with E-state index in [1.807, 2.05) is 18.2 Å². The summed E-state index contributed by atoms with van der Waals surface area (Å²) in [5.74, 6) is 0. The molecule has 0 radical (unpaired) electrons. The van der Waals surface area contributed by atoms with E-state index in [1.54, 1.807) is 13.8 Å². The van der Waals surface area contributed by atoms with Crippen molar-refractivity contribution in [1.29, 1.82) is 0 Å². The Labute approximate surface area is 181 Å². The molecule has 0 fully saturated rings. The Morgan fingerprint density at radius 2 is 1.36 bits per heavy atom. The van der Waals surface area contributed by atoms with Crippen LogP contribution in [0.25, 0.3) is 22.3 Å². The van der Waals surface area contributed by atoms with Gasteiger partial charge in [0.25, 0.3) is 0 Å². The highest BCUT2D eigenvalue weighted by Gasteiger charge is 2.22. The fourth-order valence-electron chi connectivity index (χ4n) is 3.33. The lowest BCUT2D eigenvalue weighted by atomic mass is 9.85. The highest BCUT2D eigenvalue weighted by atomic mass is 79.9. The zero-order chi connectivity index (χ0) is 20.7. The topological polar surface area (TPSA) is 20.2 Å². The fourth-order valence-corrected chi connectivity index (χ4v) is 3.96. The molecule has 0 spiro atoms. The first-order chi connectivity index (χ1) is 13.0. The molecule has 0 heterocycles. The second-order valence-corrected chi connectivity index (χ2v) is 10.1. The molecule has 3 aromatic carbocycles. The minimum Gasteiger partial charge on any atom is -0.386 e. The molecule has 3 heteroatoms. The van der Waals surface area contributed by atoms with Crippen molar-refractivity contribution in [2.75, 3.05) is 0 Å². The van der Waals surface area contributed by atoms with Gasteiger partial charge in [-0.05, 0) is 76.9 Å². The number of hydrogen-bond acceptors (Lipinski definition) is 1. The normalized spacial score (nSPS) is 12.3. The molecule has 0 aliphatic carbocycles. The number of halogens is 2. The van der Waals surface area contributed by atoms with Gasteiger partial charge in [-0.3, -0.25) is 0 Å². The van der Waals surface area contributed by atoms with E-state index in [-0.39, 0.29) is 5.41 Å². The fraction of sp³-hybridized carbons (Fsp3) is 0.280. The van der Waals surface area contributed by atoms with Crippen LogP contribution in [-0.4, -0.2) is 5.11 Å². The molecule has 0 aromatic heterocycles. The first-order valence-electron chi connectivity index (χ1n) is 9.40. The minimum absolute atomic E-state index is 0.133. The van der Waals surface area contributed by atoms with Crippen LogP contribution in [0, 0.1) is 0 Å². The SMILES string of the molecule is CC(C)(C)c1ccc(-c2ccc(Br)c(-c3ccc(Cl)cc3C(C)(C)O)c2)cc1. The summed E-state index contributed by atoms with van der Waals surface area (Å²) in [6, 6.07) is 20.8. The highest BCUT2D eigenvalue weighted by Crippen LogP contribution is 2.39. The number of benzene rings is 3. The molecule has 0 bridgehead atoms. The summed E-state index contributed by atoms with van der Waals surface area (Å²) in [6.45, 7) is 10.2. The van der Waals surface area contributed by atoms with Crippen LogP contribution in [-0.2, 0) is 11.0 Å². The summed E-state index contributed by atoms with van der Waals surface area (Å²) in [6.07, 6.45) is 0. The molecule has 0 aliphatic rings. The van der Waals surface area contributed by atoms with Gasteiger partial charge in [-0.2, -0.15) is 0 Å². The van der Waals surface area contributed by atoms with Gasteiger partial charge in [0.1, 0.15) is 0 Å². The zero-order valence-electron chi connectivity index (χ0n) is 17.0. The first kappa shape index (κ1) is 21.1. The first-order valence-corrected chi connectivity index (χ1v) is 10.6. The average Bonchev–Trinajstić information content (AvgIpc) is 2.61. The van der Waals surface area contributed by atoms with E-state index in [0.717, 1.165) is 26.7 Å². The van der Waals surface area contributed by atoms with Gasteiger partial charge in [-0.1, -0.05) is 84.7 Å². The highest BCUT2D eigenvalue weighted by molar-refractivity contribution is 9.10. The lowest BCUT2D eigenvalue weighted by Crippen LogP contribution is -2.16. The molecule has 28 heavy (non-hydrogen) atoms. The van der Waals surface area contributed by atoms with Gasteiger partial charge in [0.2, 0.25) is 0 Å². The van der Waals surface area contributed by atoms with Crippen molar-refractivity contribution in [2.24, 2.45) is 0 Å². The second-order valence-electron chi connectivity index (χ2n) is 8.77. The van der Waals surface area contributed by atoms with Crippen molar-refractivity contribution in [3.05, 3.63) is 81.3 Å². The third kappa shape index (κ3) is 4.51. The quantitative estimate of drug-likeness (QED) is 0.423. The monoisotopic (exact) mass is 456 g/mol. The van der Waals surface area contributed by atoms with E-state index < -0.39 is 5.60 Å².